The fourth-order valence-electron chi connectivity index (χ4n) is 2.30. The van der Waals surface area contributed by atoms with Gasteiger partial charge in [0.1, 0.15) is 0 Å². The number of nitrogens with zero attached hydrogens (tertiary/aromatic N) is 3. The molecule has 0 bridgehead atoms. The summed E-state index contributed by atoms with van der Waals surface area (Å²) in [6.45, 7) is 11.1. The lowest BCUT2D eigenvalue weighted by Crippen LogP contribution is -2.18. The lowest BCUT2D eigenvalue weighted by atomic mass is 10.2. The second kappa shape index (κ2) is 6.02. The Balaban J connectivity index is 1.72. The molecule has 0 fully saturated rings. The number of aromatic amines is 1. The van der Waals surface area contributed by atoms with E-state index >= 15 is 0 Å². The first-order valence-electron chi connectivity index (χ1n) is 6.80. The maximum absolute atomic E-state index is 4.46. The average Bonchev–Trinajstić information content (AvgIpc) is 2.84. The van der Waals surface area contributed by atoms with Crippen LogP contribution < -0.4 is 5.32 Å². The summed E-state index contributed by atoms with van der Waals surface area (Å²) in [4.78, 5) is 0. The Bertz CT molecular complexity index is 519. The summed E-state index contributed by atoms with van der Waals surface area (Å²) >= 11 is 0. The van der Waals surface area contributed by atoms with E-state index in [2.05, 4.69) is 45.2 Å². The van der Waals surface area contributed by atoms with Crippen LogP contribution in [0, 0.1) is 27.7 Å². The minimum absolute atomic E-state index is 0.880. The summed E-state index contributed by atoms with van der Waals surface area (Å²) in [5.41, 5.74) is 5.85. The number of aromatic nitrogens is 4. The van der Waals surface area contributed by atoms with Crippen LogP contribution in [0.5, 0.6) is 0 Å². The van der Waals surface area contributed by atoms with E-state index < -0.39 is 0 Å². The van der Waals surface area contributed by atoms with Crippen LogP contribution in [-0.4, -0.2) is 26.5 Å². The van der Waals surface area contributed by atoms with Crippen molar-refractivity contribution in [2.24, 2.45) is 0 Å². The van der Waals surface area contributed by atoms with Gasteiger partial charge in [-0.1, -0.05) is 0 Å². The van der Waals surface area contributed by atoms with Crippen molar-refractivity contribution in [3.63, 3.8) is 0 Å². The maximum Gasteiger partial charge on any atom is 0.0638 e. The van der Waals surface area contributed by atoms with Crippen LogP contribution in [0.15, 0.2) is 6.07 Å². The van der Waals surface area contributed by atoms with Gasteiger partial charge in [-0.05, 0) is 46.7 Å². The SMILES string of the molecule is Cc1cc(C)n(CCCNCc2c(C)n[nH]c2C)n1. The molecule has 2 rings (SSSR count). The van der Waals surface area contributed by atoms with Gasteiger partial charge in [0.25, 0.3) is 0 Å². The first-order valence-corrected chi connectivity index (χ1v) is 6.80. The van der Waals surface area contributed by atoms with Crippen LogP contribution in [0.4, 0.5) is 0 Å². The second-order valence-corrected chi connectivity index (χ2v) is 5.09. The van der Waals surface area contributed by atoms with Gasteiger partial charge in [-0.15, -0.1) is 0 Å². The molecular formula is C14H23N5. The second-order valence-electron chi connectivity index (χ2n) is 5.09. The number of nitrogens with one attached hydrogen (secondary N) is 2. The van der Waals surface area contributed by atoms with Crippen molar-refractivity contribution in [3.05, 3.63) is 34.4 Å². The van der Waals surface area contributed by atoms with E-state index in [1.54, 1.807) is 0 Å². The lowest BCUT2D eigenvalue weighted by Gasteiger charge is -2.06. The Labute approximate surface area is 114 Å². The summed E-state index contributed by atoms with van der Waals surface area (Å²) < 4.78 is 2.07. The molecule has 0 aliphatic heterocycles. The predicted molar refractivity (Wildman–Crippen MR) is 76.1 cm³/mol. The quantitative estimate of drug-likeness (QED) is 0.782. The van der Waals surface area contributed by atoms with Crippen LogP contribution in [-0.2, 0) is 13.1 Å². The highest BCUT2D eigenvalue weighted by atomic mass is 15.3. The zero-order valence-corrected chi connectivity index (χ0v) is 12.2. The van der Waals surface area contributed by atoms with Crippen LogP contribution in [0.25, 0.3) is 0 Å². The normalized spacial score (nSPS) is 11.2. The number of aryl methyl sites for hydroxylation is 5. The summed E-state index contributed by atoms with van der Waals surface area (Å²) in [6, 6.07) is 2.12. The molecule has 5 heteroatoms. The van der Waals surface area contributed by atoms with Gasteiger partial charge < -0.3 is 5.32 Å². The van der Waals surface area contributed by atoms with Crippen LogP contribution in [0.3, 0.4) is 0 Å². The molecule has 0 amide bonds. The van der Waals surface area contributed by atoms with E-state index in [0.717, 1.165) is 43.1 Å². The van der Waals surface area contributed by atoms with Crippen molar-refractivity contribution in [1.82, 2.24) is 25.3 Å². The summed E-state index contributed by atoms with van der Waals surface area (Å²) in [6.07, 6.45) is 1.08. The lowest BCUT2D eigenvalue weighted by molar-refractivity contribution is 0.531. The van der Waals surface area contributed by atoms with Gasteiger partial charge in [-0.25, -0.2) is 0 Å². The smallest absolute Gasteiger partial charge is 0.0638 e. The van der Waals surface area contributed by atoms with Gasteiger partial charge in [0.05, 0.1) is 11.4 Å². The zero-order chi connectivity index (χ0) is 13.8. The zero-order valence-electron chi connectivity index (χ0n) is 12.2. The number of rotatable bonds is 6. The number of hydrogen-bond donors (Lipinski definition) is 2. The van der Waals surface area contributed by atoms with Gasteiger partial charge in [0.15, 0.2) is 0 Å². The highest BCUT2D eigenvalue weighted by Crippen LogP contribution is 2.08. The number of H-pyrrole nitrogens is 1. The minimum atomic E-state index is 0.880. The molecule has 0 aromatic carbocycles. The van der Waals surface area contributed by atoms with Gasteiger partial charge in [-0.2, -0.15) is 10.2 Å². The van der Waals surface area contributed by atoms with Crippen molar-refractivity contribution < 1.29 is 0 Å². The summed E-state index contributed by atoms with van der Waals surface area (Å²) in [5.74, 6) is 0. The molecular weight excluding hydrogens is 238 g/mol. The Morgan fingerprint density at radius 3 is 2.63 bits per heavy atom. The average molecular weight is 261 g/mol. The first-order chi connectivity index (χ1) is 9.08. The van der Waals surface area contributed by atoms with E-state index in [1.165, 1.54) is 11.3 Å². The van der Waals surface area contributed by atoms with Crippen molar-refractivity contribution in [2.45, 2.75) is 47.2 Å². The molecule has 19 heavy (non-hydrogen) atoms. The standard InChI is InChI=1S/C14H23N5/c1-10-8-11(2)19(18-10)7-5-6-15-9-14-12(3)16-17-13(14)4/h8,15H,5-7,9H2,1-4H3,(H,16,17). The Hall–Kier alpha value is -1.62. The molecule has 0 aliphatic carbocycles. The molecule has 0 radical (unpaired) electrons. The van der Waals surface area contributed by atoms with Gasteiger partial charge >= 0.3 is 0 Å². The summed E-state index contributed by atoms with van der Waals surface area (Å²) in [5, 5.41) is 15.1. The molecule has 2 N–H and O–H groups in total. The fraction of sp³-hybridized carbons (Fsp3) is 0.571. The molecule has 0 aliphatic rings. The van der Waals surface area contributed by atoms with Crippen molar-refractivity contribution >= 4 is 0 Å². The largest absolute Gasteiger partial charge is 0.312 e. The summed E-state index contributed by atoms with van der Waals surface area (Å²) in [7, 11) is 0. The van der Waals surface area contributed by atoms with Crippen LogP contribution >= 0.6 is 0 Å². The van der Waals surface area contributed by atoms with Crippen LogP contribution in [0.1, 0.15) is 34.8 Å². The molecule has 104 valence electrons. The van der Waals surface area contributed by atoms with Crippen molar-refractivity contribution in [3.8, 4) is 0 Å². The number of hydrogen-bond acceptors (Lipinski definition) is 3. The minimum Gasteiger partial charge on any atom is -0.312 e. The molecule has 0 atom stereocenters. The highest BCUT2D eigenvalue weighted by Gasteiger charge is 2.05. The monoisotopic (exact) mass is 261 g/mol. The van der Waals surface area contributed by atoms with Gasteiger partial charge in [0, 0.05) is 30.0 Å². The Morgan fingerprint density at radius 1 is 1.26 bits per heavy atom. The van der Waals surface area contributed by atoms with Crippen LogP contribution in [0.2, 0.25) is 0 Å². The fourth-order valence-corrected chi connectivity index (χ4v) is 2.30. The van der Waals surface area contributed by atoms with E-state index in [-0.39, 0.29) is 0 Å². The molecule has 5 nitrogen and oxygen atoms in total. The molecule has 2 aromatic rings. The van der Waals surface area contributed by atoms with E-state index in [4.69, 9.17) is 0 Å². The van der Waals surface area contributed by atoms with Gasteiger partial charge in [-0.3, -0.25) is 9.78 Å². The molecule has 0 unspecified atom stereocenters. The third-order valence-corrected chi connectivity index (χ3v) is 3.41. The molecule has 0 saturated carbocycles. The van der Waals surface area contributed by atoms with E-state index in [0.29, 0.717) is 0 Å². The Morgan fingerprint density at radius 2 is 2.05 bits per heavy atom. The maximum atomic E-state index is 4.46. The highest BCUT2D eigenvalue weighted by molar-refractivity contribution is 5.22. The molecule has 0 spiro atoms. The van der Waals surface area contributed by atoms with Crippen molar-refractivity contribution in [1.29, 1.82) is 0 Å². The van der Waals surface area contributed by atoms with Gasteiger partial charge in [0.2, 0.25) is 0 Å². The third-order valence-electron chi connectivity index (χ3n) is 3.41. The predicted octanol–water partition coefficient (Wildman–Crippen LogP) is 2.02. The first kappa shape index (κ1) is 13.8. The molecule has 0 saturated heterocycles. The van der Waals surface area contributed by atoms with E-state index in [1.807, 2.05) is 13.8 Å². The third kappa shape index (κ3) is 3.44. The van der Waals surface area contributed by atoms with E-state index in [9.17, 15) is 0 Å². The molecule has 2 aromatic heterocycles. The topological polar surface area (TPSA) is 58.5 Å². The molecule has 2 heterocycles. The Kier molecular flexibility index (Phi) is 4.37. The van der Waals surface area contributed by atoms with Crippen molar-refractivity contribution in [2.75, 3.05) is 6.54 Å².